The maximum atomic E-state index is 12.5. The van der Waals surface area contributed by atoms with Gasteiger partial charge in [0.1, 0.15) is 18.0 Å². The second-order valence-corrected chi connectivity index (χ2v) is 6.32. The van der Waals surface area contributed by atoms with Crippen LogP contribution in [0, 0.1) is 0 Å². The molecule has 0 bridgehead atoms. The highest BCUT2D eigenvalue weighted by Crippen LogP contribution is 2.31. The van der Waals surface area contributed by atoms with Crippen molar-refractivity contribution < 1.29 is 9.84 Å². The third-order valence-corrected chi connectivity index (χ3v) is 4.48. The third kappa shape index (κ3) is 3.40. The van der Waals surface area contributed by atoms with Gasteiger partial charge < -0.3 is 20.6 Å². The smallest absolute Gasteiger partial charge is 0.354 e. The fourth-order valence-electron chi connectivity index (χ4n) is 3.09. The summed E-state index contributed by atoms with van der Waals surface area (Å²) in [5, 5.41) is 9.82. The molecule has 7 heteroatoms. The Hall–Kier alpha value is -3.42. The van der Waals surface area contributed by atoms with E-state index >= 15 is 0 Å². The summed E-state index contributed by atoms with van der Waals surface area (Å²) in [6.45, 7) is 0.593. The predicted octanol–water partition coefficient (Wildman–Crippen LogP) is 2.21. The Balaban J connectivity index is 1.77. The van der Waals surface area contributed by atoms with Crippen molar-refractivity contribution in [1.29, 1.82) is 0 Å². The molecule has 7 nitrogen and oxygen atoms in total. The second-order valence-electron chi connectivity index (χ2n) is 6.32. The molecule has 0 amide bonds. The SMILES string of the molecule is NCc1ccc(-n2cc3cc(-c4ccccc4OCCO)[nH]c3nc2=O)cc1. The molecular formula is C21H20N4O3. The Morgan fingerprint density at radius 3 is 2.68 bits per heavy atom. The number of rotatable bonds is 6. The van der Waals surface area contributed by atoms with E-state index < -0.39 is 0 Å². The fraction of sp³-hybridized carbons (Fsp3) is 0.143. The van der Waals surface area contributed by atoms with Crippen molar-refractivity contribution in [2.45, 2.75) is 6.54 Å². The monoisotopic (exact) mass is 376 g/mol. The van der Waals surface area contributed by atoms with E-state index in [0.29, 0.717) is 17.9 Å². The van der Waals surface area contributed by atoms with Crippen LogP contribution in [0.25, 0.3) is 28.0 Å². The number of aromatic nitrogens is 3. The van der Waals surface area contributed by atoms with Crippen molar-refractivity contribution in [3.8, 4) is 22.7 Å². The molecule has 4 rings (SSSR count). The number of fused-ring (bicyclic) bond motifs is 1. The molecule has 0 radical (unpaired) electrons. The summed E-state index contributed by atoms with van der Waals surface area (Å²) < 4.78 is 7.12. The van der Waals surface area contributed by atoms with E-state index in [0.717, 1.165) is 27.9 Å². The van der Waals surface area contributed by atoms with Crippen molar-refractivity contribution in [2.75, 3.05) is 13.2 Å². The topological polar surface area (TPSA) is 106 Å². The maximum absolute atomic E-state index is 12.5. The summed E-state index contributed by atoms with van der Waals surface area (Å²) in [5.74, 6) is 0.649. The first-order valence-electron chi connectivity index (χ1n) is 8.94. The number of nitrogens with two attached hydrogens (primary N) is 1. The number of nitrogens with one attached hydrogen (secondary N) is 1. The summed E-state index contributed by atoms with van der Waals surface area (Å²) in [5.41, 5.74) is 9.11. The fourth-order valence-corrected chi connectivity index (χ4v) is 3.09. The summed E-state index contributed by atoms with van der Waals surface area (Å²) in [6.07, 6.45) is 1.76. The Morgan fingerprint density at radius 1 is 1.14 bits per heavy atom. The van der Waals surface area contributed by atoms with Gasteiger partial charge >= 0.3 is 5.69 Å². The van der Waals surface area contributed by atoms with Gasteiger partial charge in [-0.15, -0.1) is 0 Å². The average molecular weight is 376 g/mol. The summed E-state index contributed by atoms with van der Waals surface area (Å²) >= 11 is 0. The number of aliphatic hydroxyl groups excluding tert-OH is 1. The molecule has 142 valence electrons. The van der Waals surface area contributed by atoms with E-state index in [1.54, 1.807) is 6.20 Å². The van der Waals surface area contributed by atoms with E-state index in [1.807, 2.05) is 54.6 Å². The predicted molar refractivity (Wildman–Crippen MR) is 108 cm³/mol. The summed E-state index contributed by atoms with van der Waals surface area (Å²) in [4.78, 5) is 19.9. The van der Waals surface area contributed by atoms with Crippen LogP contribution in [0.2, 0.25) is 0 Å². The highest BCUT2D eigenvalue weighted by Gasteiger charge is 2.12. The summed E-state index contributed by atoms with van der Waals surface area (Å²) in [6, 6.07) is 16.9. The molecule has 0 atom stereocenters. The highest BCUT2D eigenvalue weighted by molar-refractivity contribution is 5.84. The Bertz CT molecular complexity index is 1160. The lowest BCUT2D eigenvalue weighted by molar-refractivity contribution is 0.202. The van der Waals surface area contributed by atoms with Gasteiger partial charge in [-0.25, -0.2) is 4.79 Å². The van der Waals surface area contributed by atoms with E-state index in [1.165, 1.54) is 4.57 Å². The van der Waals surface area contributed by atoms with E-state index in [9.17, 15) is 4.79 Å². The van der Waals surface area contributed by atoms with Crippen molar-refractivity contribution in [3.05, 3.63) is 76.8 Å². The first-order valence-corrected chi connectivity index (χ1v) is 8.94. The molecule has 28 heavy (non-hydrogen) atoms. The zero-order chi connectivity index (χ0) is 19.5. The van der Waals surface area contributed by atoms with Crippen molar-refractivity contribution in [2.24, 2.45) is 5.73 Å². The van der Waals surface area contributed by atoms with Gasteiger partial charge in [-0.05, 0) is 35.9 Å². The molecule has 0 aliphatic rings. The van der Waals surface area contributed by atoms with Gasteiger partial charge in [0.2, 0.25) is 0 Å². The van der Waals surface area contributed by atoms with E-state index in [2.05, 4.69) is 9.97 Å². The van der Waals surface area contributed by atoms with Crippen LogP contribution in [-0.2, 0) is 6.54 Å². The largest absolute Gasteiger partial charge is 0.490 e. The van der Waals surface area contributed by atoms with E-state index in [-0.39, 0.29) is 18.9 Å². The van der Waals surface area contributed by atoms with Crippen LogP contribution >= 0.6 is 0 Å². The van der Waals surface area contributed by atoms with Gasteiger partial charge in [0.25, 0.3) is 0 Å². The first kappa shape index (κ1) is 18.0. The molecule has 0 aliphatic heterocycles. The molecule has 0 aliphatic carbocycles. The normalized spacial score (nSPS) is 11.1. The quantitative estimate of drug-likeness (QED) is 0.478. The molecule has 2 aromatic carbocycles. The van der Waals surface area contributed by atoms with E-state index in [4.69, 9.17) is 15.6 Å². The number of benzene rings is 2. The van der Waals surface area contributed by atoms with Crippen LogP contribution in [0.1, 0.15) is 5.56 Å². The van der Waals surface area contributed by atoms with Gasteiger partial charge in [-0.3, -0.25) is 4.57 Å². The zero-order valence-electron chi connectivity index (χ0n) is 15.1. The van der Waals surface area contributed by atoms with Gasteiger partial charge in [0.05, 0.1) is 18.0 Å². The third-order valence-electron chi connectivity index (χ3n) is 4.48. The van der Waals surface area contributed by atoms with Gasteiger partial charge in [-0.2, -0.15) is 4.98 Å². The number of H-pyrrole nitrogens is 1. The average Bonchev–Trinajstić information content (AvgIpc) is 3.14. The lowest BCUT2D eigenvalue weighted by Crippen LogP contribution is -2.20. The number of ether oxygens (including phenoxy) is 1. The Labute approximate surface area is 161 Å². The number of para-hydroxylation sites is 1. The number of hydrogen-bond acceptors (Lipinski definition) is 5. The Morgan fingerprint density at radius 2 is 1.93 bits per heavy atom. The van der Waals surface area contributed by atoms with Gasteiger partial charge in [0.15, 0.2) is 0 Å². The minimum absolute atomic E-state index is 0.0644. The van der Waals surface area contributed by atoms with Crippen LogP contribution in [-0.4, -0.2) is 32.9 Å². The molecule has 0 unspecified atom stereocenters. The highest BCUT2D eigenvalue weighted by atomic mass is 16.5. The standard InChI is InChI=1S/C21H20N4O3/c22-12-14-5-7-16(8-6-14)25-13-15-11-18(23-20(15)24-21(25)27)17-3-1-2-4-19(17)28-10-9-26/h1-8,11,13,26H,9-10,12,22H2,(H,23,24,27). The Kier molecular flexibility index (Phi) is 4.92. The lowest BCUT2D eigenvalue weighted by Gasteiger charge is -2.08. The van der Waals surface area contributed by atoms with Crippen LogP contribution in [0.5, 0.6) is 5.75 Å². The van der Waals surface area contributed by atoms with Crippen LogP contribution in [0.4, 0.5) is 0 Å². The molecule has 0 saturated heterocycles. The van der Waals surface area contributed by atoms with Gasteiger partial charge in [0, 0.05) is 23.7 Å². The molecule has 4 N–H and O–H groups in total. The number of aliphatic hydroxyl groups is 1. The minimum Gasteiger partial charge on any atom is -0.490 e. The number of nitrogens with zero attached hydrogens (tertiary/aromatic N) is 2. The summed E-state index contributed by atoms with van der Waals surface area (Å²) in [7, 11) is 0. The molecule has 0 spiro atoms. The molecule has 0 fully saturated rings. The van der Waals surface area contributed by atoms with Crippen molar-refractivity contribution >= 4 is 11.0 Å². The van der Waals surface area contributed by atoms with Gasteiger partial charge in [-0.1, -0.05) is 24.3 Å². The van der Waals surface area contributed by atoms with Crippen molar-refractivity contribution in [1.82, 2.24) is 14.5 Å². The zero-order valence-corrected chi connectivity index (χ0v) is 15.1. The number of hydrogen-bond donors (Lipinski definition) is 3. The minimum atomic E-state index is -0.369. The molecule has 2 aromatic heterocycles. The second kappa shape index (κ2) is 7.67. The van der Waals surface area contributed by atoms with Crippen LogP contribution < -0.4 is 16.2 Å². The van der Waals surface area contributed by atoms with Crippen LogP contribution in [0.3, 0.4) is 0 Å². The molecule has 2 heterocycles. The lowest BCUT2D eigenvalue weighted by atomic mass is 10.1. The first-order chi connectivity index (χ1) is 13.7. The molecule has 4 aromatic rings. The molecule has 0 saturated carbocycles. The maximum Gasteiger partial charge on any atom is 0.354 e. The number of aromatic amines is 1. The van der Waals surface area contributed by atoms with Crippen LogP contribution in [0.15, 0.2) is 65.6 Å². The molecular weight excluding hydrogens is 356 g/mol. The van der Waals surface area contributed by atoms with Crippen molar-refractivity contribution in [3.63, 3.8) is 0 Å².